The van der Waals surface area contributed by atoms with Crippen LogP contribution in [0.4, 0.5) is 0 Å². The van der Waals surface area contributed by atoms with E-state index in [1.165, 1.54) is 22.0 Å². The van der Waals surface area contributed by atoms with Crippen molar-refractivity contribution in [3.63, 3.8) is 0 Å². The Morgan fingerprint density at radius 3 is 2.17 bits per heavy atom. The molecule has 3 N–H and O–H groups in total. The van der Waals surface area contributed by atoms with Crippen LogP contribution in [0.15, 0.2) is 18.2 Å². The van der Waals surface area contributed by atoms with Gasteiger partial charge in [0.1, 0.15) is 0 Å². The Morgan fingerprint density at radius 2 is 1.67 bits per heavy atom. The van der Waals surface area contributed by atoms with Gasteiger partial charge in [0.25, 0.3) is 0 Å². The standard InChI is InChI=1S/C16H24N2/c1-10-12-9-11(15(2,3)4)7-8-13(12)18-14(10)16(5,6)17/h7-9,18H,17H2,1-6H3. The summed E-state index contributed by atoms with van der Waals surface area (Å²) in [5.41, 5.74) is 11.0. The molecule has 0 unspecified atom stereocenters. The summed E-state index contributed by atoms with van der Waals surface area (Å²) in [6.07, 6.45) is 0. The fraction of sp³-hybridized carbons (Fsp3) is 0.500. The Hall–Kier alpha value is -1.28. The molecule has 18 heavy (non-hydrogen) atoms. The Bertz CT molecular complexity index is 577. The molecular formula is C16H24N2. The van der Waals surface area contributed by atoms with Crippen molar-refractivity contribution in [2.45, 2.75) is 52.5 Å². The molecule has 0 aliphatic rings. The van der Waals surface area contributed by atoms with Gasteiger partial charge in [-0.2, -0.15) is 0 Å². The van der Waals surface area contributed by atoms with Crippen LogP contribution < -0.4 is 5.73 Å². The van der Waals surface area contributed by atoms with Crippen LogP contribution in [0.25, 0.3) is 10.9 Å². The number of H-pyrrole nitrogens is 1. The predicted molar refractivity (Wildman–Crippen MR) is 78.9 cm³/mol. The second-order valence-corrected chi connectivity index (χ2v) is 6.86. The lowest BCUT2D eigenvalue weighted by Crippen LogP contribution is -2.29. The van der Waals surface area contributed by atoms with Gasteiger partial charge < -0.3 is 10.7 Å². The highest BCUT2D eigenvalue weighted by molar-refractivity contribution is 5.85. The molecule has 1 aromatic carbocycles. The number of nitrogens with two attached hydrogens (primary N) is 1. The lowest BCUT2D eigenvalue weighted by Gasteiger charge is -2.19. The summed E-state index contributed by atoms with van der Waals surface area (Å²) in [6, 6.07) is 6.65. The van der Waals surface area contributed by atoms with Gasteiger partial charge in [0.15, 0.2) is 0 Å². The molecular weight excluding hydrogens is 220 g/mol. The fourth-order valence-corrected chi connectivity index (χ4v) is 2.44. The van der Waals surface area contributed by atoms with Crippen molar-refractivity contribution in [2.24, 2.45) is 5.73 Å². The highest BCUT2D eigenvalue weighted by Crippen LogP contribution is 2.31. The van der Waals surface area contributed by atoms with E-state index in [0.717, 1.165) is 5.69 Å². The number of aromatic amines is 1. The molecule has 0 saturated heterocycles. The molecule has 0 aliphatic carbocycles. The van der Waals surface area contributed by atoms with Crippen molar-refractivity contribution in [1.82, 2.24) is 4.98 Å². The normalized spacial score (nSPS) is 13.3. The monoisotopic (exact) mass is 244 g/mol. The van der Waals surface area contributed by atoms with Crippen molar-refractivity contribution < 1.29 is 0 Å². The summed E-state index contributed by atoms with van der Waals surface area (Å²) >= 11 is 0. The largest absolute Gasteiger partial charge is 0.357 e. The van der Waals surface area contributed by atoms with Gasteiger partial charge in [0.2, 0.25) is 0 Å². The first-order valence-electron chi connectivity index (χ1n) is 6.53. The van der Waals surface area contributed by atoms with Gasteiger partial charge in [-0.05, 0) is 49.4 Å². The van der Waals surface area contributed by atoms with Crippen LogP contribution in [0.1, 0.15) is 51.4 Å². The summed E-state index contributed by atoms with van der Waals surface area (Å²) in [6.45, 7) is 12.9. The molecule has 2 nitrogen and oxygen atoms in total. The molecule has 0 fully saturated rings. The third kappa shape index (κ3) is 2.17. The molecule has 0 radical (unpaired) electrons. The summed E-state index contributed by atoms with van der Waals surface area (Å²) in [5, 5.41) is 1.29. The number of nitrogens with one attached hydrogen (secondary N) is 1. The zero-order chi connectivity index (χ0) is 13.7. The third-order valence-electron chi connectivity index (χ3n) is 3.57. The smallest absolute Gasteiger partial charge is 0.0507 e. The highest BCUT2D eigenvalue weighted by atomic mass is 14.8. The fourth-order valence-electron chi connectivity index (χ4n) is 2.44. The average Bonchev–Trinajstić information content (AvgIpc) is 2.54. The number of hydrogen-bond donors (Lipinski definition) is 2. The predicted octanol–water partition coefficient (Wildman–Crippen LogP) is 3.97. The number of rotatable bonds is 1. The van der Waals surface area contributed by atoms with E-state index in [9.17, 15) is 0 Å². The van der Waals surface area contributed by atoms with E-state index in [2.05, 4.69) is 50.9 Å². The SMILES string of the molecule is Cc1c(C(C)(C)N)[nH]c2ccc(C(C)(C)C)cc12. The zero-order valence-electron chi connectivity index (χ0n) is 12.3. The minimum Gasteiger partial charge on any atom is -0.357 e. The van der Waals surface area contributed by atoms with E-state index < -0.39 is 0 Å². The van der Waals surface area contributed by atoms with Crippen molar-refractivity contribution in [1.29, 1.82) is 0 Å². The van der Waals surface area contributed by atoms with Crippen LogP contribution in [0.5, 0.6) is 0 Å². The van der Waals surface area contributed by atoms with E-state index in [0.29, 0.717) is 0 Å². The second-order valence-electron chi connectivity index (χ2n) is 6.86. The maximum atomic E-state index is 6.21. The first kappa shape index (κ1) is 13.2. The minimum absolute atomic E-state index is 0.177. The molecule has 2 rings (SSSR count). The van der Waals surface area contributed by atoms with E-state index >= 15 is 0 Å². The number of fused-ring (bicyclic) bond motifs is 1. The van der Waals surface area contributed by atoms with Gasteiger partial charge in [-0.25, -0.2) is 0 Å². The molecule has 0 spiro atoms. The topological polar surface area (TPSA) is 41.8 Å². The lowest BCUT2D eigenvalue weighted by molar-refractivity contribution is 0.536. The molecule has 0 bridgehead atoms. The van der Waals surface area contributed by atoms with Crippen LogP contribution in [0, 0.1) is 6.92 Å². The van der Waals surface area contributed by atoms with Gasteiger partial charge in [-0.15, -0.1) is 0 Å². The Balaban J connectivity index is 2.68. The molecule has 1 aromatic heterocycles. The second kappa shape index (κ2) is 3.86. The number of aryl methyl sites for hydroxylation is 1. The summed E-state index contributed by atoms with van der Waals surface area (Å²) < 4.78 is 0. The van der Waals surface area contributed by atoms with Gasteiger partial charge in [0, 0.05) is 16.6 Å². The Labute approximate surface area is 110 Å². The number of hydrogen-bond acceptors (Lipinski definition) is 1. The number of aromatic nitrogens is 1. The molecule has 0 saturated carbocycles. The van der Waals surface area contributed by atoms with Crippen LogP contribution in [-0.4, -0.2) is 4.98 Å². The third-order valence-corrected chi connectivity index (χ3v) is 3.57. The van der Waals surface area contributed by atoms with Crippen molar-refractivity contribution in [3.05, 3.63) is 35.0 Å². The van der Waals surface area contributed by atoms with Crippen molar-refractivity contribution in [2.75, 3.05) is 0 Å². The van der Waals surface area contributed by atoms with Gasteiger partial charge in [0.05, 0.1) is 5.54 Å². The summed E-state index contributed by atoms with van der Waals surface area (Å²) in [5.74, 6) is 0. The van der Waals surface area contributed by atoms with Gasteiger partial charge >= 0.3 is 0 Å². The van der Waals surface area contributed by atoms with Crippen LogP contribution in [0.2, 0.25) is 0 Å². The van der Waals surface area contributed by atoms with Crippen LogP contribution in [0.3, 0.4) is 0 Å². The van der Waals surface area contributed by atoms with E-state index in [4.69, 9.17) is 5.73 Å². The molecule has 0 aliphatic heterocycles. The van der Waals surface area contributed by atoms with Gasteiger partial charge in [-0.1, -0.05) is 26.8 Å². The molecule has 0 amide bonds. The van der Waals surface area contributed by atoms with Crippen molar-refractivity contribution in [3.8, 4) is 0 Å². The lowest BCUT2D eigenvalue weighted by atomic mass is 9.86. The number of benzene rings is 1. The molecule has 98 valence electrons. The van der Waals surface area contributed by atoms with Gasteiger partial charge in [-0.3, -0.25) is 0 Å². The zero-order valence-corrected chi connectivity index (χ0v) is 12.3. The maximum Gasteiger partial charge on any atom is 0.0507 e. The quantitative estimate of drug-likeness (QED) is 0.783. The summed E-state index contributed by atoms with van der Waals surface area (Å²) in [4.78, 5) is 3.46. The molecule has 1 heterocycles. The van der Waals surface area contributed by atoms with Crippen LogP contribution >= 0.6 is 0 Å². The molecule has 2 aromatic rings. The average molecular weight is 244 g/mol. The first-order chi connectivity index (χ1) is 8.10. The van der Waals surface area contributed by atoms with E-state index in [1.807, 2.05) is 13.8 Å². The first-order valence-corrected chi connectivity index (χ1v) is 6.53. The summed E-state index contributed by atoms with van der Waals surface area (Å²) in [7, 11) is 0. The minimum atomic E-state index is -0.328. The van der Waals surface area contributed by atoms with E-state index in [-0.39, 0.29) is 11.0 Å². The van der Waals surface area contributed by atoms with E-state index in [1.54, 1.807) is 0 Å². The maximum absolute atomic E-state index is 6.21. The Kier molecular flexibility index (Phi) is 2.82. The Morgan fingerprint density at radius 1 is 1.06 bits per heavy atom. The highest BCUT2D eigenvalue weighted by Gasteiger charge is 2.22. The van der Waals surface area contributed by atoms with Crippen molar-refractivity contribution >= 4 is 10.9 Å². The van der Waals surface area contributed by atoms with Crippen LogP contribution in [-0.2, 0) is 11.0 Å². The molecule has 0 atom stereocenters. The molecule has 2 heteroatoms.